The maximum absolute atomic E-state index is 11.8. The standard InChI is InChI=1S/C23H23BN4O4/c1-12-13(2)27-23(19-14(3)32-20-17(19)8-5-9-18(20)21(25)29)28-22(12)26-11-15-6-4-7-16(10-15)24(30)31/h4-10,30-31H,11H2,1-3H3,(H2,25,29)(H,26,27,28). The van der Waals surface area contributed by atoms with Gasteiger partial charge in [-0.15, -0.1) is 0 Å². The first-order valence-electron chi connectivity index (χ1n) is 10.1. The van der Waals surface area contributed by atoms with Crippen molar-refractivity contribution in [3.05, 3.63) is 70.6 Å². The second-order valence-corrected chi connectivity index (χ2v) is 7.66. The van der Waals surface area contributed by atoms with Gasteiger partial charge in [-0.2, -0.15) is 0 Å². The van der Waals surface area contributed by atoms with Crippen LogP contribution in [-0.2, 0) is 6.54 Å². The highest BCUT2D eigenvalue weighted by Gasteiger charge is 2.21. The summed E-state index contributed by atoms with van der Waals surface area (Å²) < 4.78 is 5.87. The molecule has 2 aromatic carbocycles. The summed E-state index contributed by atoms with van der Waals surface area (Å²) in [7, 11) is -1.52. The van der Waals surface area contributed by atoms with E-state index >= 15 is 0 Å². The number of carbonyl (C=O) groups excluding carboxylic acids is 1. The molecule has 4 aromatic rings. The third-order valence-electron chi connectivity index (χ3n) is 5.48. The minimum absolute atomic E-state index is 0.310. The van der Waals surface area contributed by atoms with Crippen molar-refractivity contribution >= 4 is 35.3 Å². The number of primary amides is 1. The van der Waals surface area contributed by atoms with E-state index in [0.717, 1.165) is 22.2 Å². The van der Waals surface area contributed by atoms with E-state index in [0.29, 0.717) is 46.1 Å². The number of amides is 1. The van der Waals surface area contributed by atoms with Crippen molar-refractivity contribution in [3.63, 3.8) is 0 Å². The first kappa shape index (κ1) is 21.5. The van der Waals surface area contributed by atoms with Crippen LogP contribution in [0, 0.1) is 20.8 Å². The average Bonchev–Trinajstić information content (AvgIpc) is 3.10. The topological polar surface area (TPSA) is 134 Å². The van der Waals surface area contributed by atoms with E-state index < -0.39 is 13.0 Å². The van der Waals surface area contributed by atoms with Crippen molar-refractivity contribution < 1.29 is 19.3 Å². The highest BCUT2D eigenvalue weighted by Crippen LogP contribution is 2.35. The first-order valence-corrected chi connectivity index (χ1v) is 10.1. The Balaban J connectivity index is 1.74. The van der Waals surface area contributed by atoms with Crippen LogP contribution in [0.5, 0.6) is 0 Å². The number of anilines is 1. The van der Waals surface area contributed by atoms with E-state index in [1.165, 1.54) is 0 Å². The minimum atomic E-state index is -1.52. The minimum Gasteiger partial charge on any atom is -0.460 e. The van der Waals surface area contributed by atoms with Crippen LogP contribution >= 0.6 is 0 Å². The molecule has 0 aliphatic rings. The maximum atomic E-state index is 11.8. The van der Waals surface area contributed by atoms with Crippen molar-refractivity contribution in [3.8, 4) is 11.4 Å². The van der Waals surface area contributed by atoms with E-state index in [-0.39, 0.29) is 0 Å². The van der Waals surface area contributed by atoms with Crippen LogP contribution in [0.15, 0.2) is 46.9 Å². The Labute approximate surface area is 185 Å². The Kier molecular flexibility index (Phi) is 5.69. The van der Waals surface area contributed by atoms with E-state index in [4.69, 9.17) is 15.1 Å². The lowest BCUT2D eigenvalue weighted by Crippen LogP contribution is -2.30. The van der Waals surface area contributed by atoms with Gasteiger partial charge in [-0.3, -0.25) is 4.79 Å². The van der Waals surface area contributed by atoms with E-state index in [9.17, 15) is 14.8 Å². The number of carbonyl (C=O) groups is 1. The fourth-order valence-corrected chi connectivity index (χ4v) is 3.67. The monoisotopic (exact) mass is 430 g/mol. The predicted octanol–water partition coefficient (Wildman–Crippen LogP) is 2.21. The second kappa shape index (κ2) is 8.45. The molecule has 8 nitrogen and oxygen atoms in total. The summed E-state index contributed by atoms with van der Waals surface area (Å²) in [6.07, 6.45) is 0. The highest BCUT2D eigenvalue weighted by molar-refractivity contribution is 6.58. The Morgan fingerprint density at radius 2 is 1.88 bits per heavy atom. The van der Waals surface area contributed by atoms with Crippen molar-refractivity contribution in [2.24, 2.45) is 5.73 Å². The number of furan rings is 1. The molecule has 0 fully saturated rings. The lowest BCUT2D eigenvalue weighted by atomic mass is 9.79. The van der Waals surface area contributed by atoms with Gasteiger partial charge in [0.15, 0.2) is 5.82 Å². The average molecular weight is 430 g/mol. The summed E-state index contributed by atoms with van der Waals surface area (Å²) >= 11 is 0. The number of fused-ring (bicyclic) bond motifs is 1. The fourth-order valence-electron chi connectivity index (χ4n) is 3.67. The molecule has 32 heavy (non-hydrogen) atoms. The van der Waals surface area contributed by atoms with Crippen LogP contribution in [0.25, 0.3) is 22.4 Å². The smallest absolute Gasteiger partial charge is 0.460 e. The van der Waals surface area contributed by atoms with Gasteiger partial charge in [0.25, 0.3) is 5.91 Å². The summed E-state index contributed by atoms with van der Waals surface area (Å²) in [6, 6.07) is 12.3. The molecule has 0 radical (unpaired) electrons. The SMILES string of the molecule is Cc1nc(-c2c(C)oc3c(C(N)=O)cccc23)nc(NCc2cccc(B(O)O)c2)c1C. The molecule has 4 rings (SSSR count). The normalized spacial score (nSPS) is 11.0. The van der Waals surface area contributed by atoms with Crippen molar-refractivity contribution in [2.75, 3.05) is 5.32 Å². The second-order valence-electron chi connectivity index (χ2n) is 7.66. The van der Waals surface area contributed by atoms with Gasteiger partial charge >= 0.3 is 7.12 Å². The van der Waals surface area contributed by atoms with Gasteiger partial charge in [0.05, 0.1) is 11.1 Å². The van der Waals surface area contributed by atoms with Crippen LogP contribution in [0.4, 0.5) is 5.82 Å². The van der Waals surface area contributed by atoms with E-state index in [1.54, 1.807) is 37.3 Å². The molecule has 2 heterocycles. The lowest BCUT2D eigenvalue weighted by molar-refractivity contribution is 0.100. The number of nitrogens with two attached hydrogens (primary N) is 1. The van der Waals surface area contributed by atoms with Crippen LogP contribution in [-0.4, -0.2) is 33.0 Å². The zero-order valence-corrected chi connectivity index (χ0v) is 18.0. The first-order chi connectivity index (χ1) is 15.3. The molecule has 0 saturated carbocycles. The summed E-state index contributed by atoms with van der Waals surface area (Å²) in [4.78, 5) is 21.2. The Morgan fingerprint density at radius 1 is 1.12 bits per heavy atom. The number of aromatic nitrogens is 2. The molecule has 2 aromatic heterocycles. The number of para-hydroxylation sites is 1. The zero-order chi connectivity index (χ0) is 23.0. The zero-order valence-electron chi connectivity index (χ0n) is 18.0. The van der Waals surface area contributed by atoms with Crippen molar-refractivity contribution in [1.29, 1.82) is 0 Å². The number of nitrogens with one attached hydrogen (secondary N) is 1. The molecule has 0 spiro atoms. The Morgan fingerprint density at radius 3 is 2.59 bits per heavy atom. The quantitative estimate of drug-likeness (QED) is 0.345. The molecule has 0 aliphatic carbocycles. The van der Waals surface area contributed by atoms with Crippen molar-refractivity contribution in [1.82, 2.24) is 9.97 Å². The Hall–Kier alpha value is -3.69. The number of hydrogen-bond acceptors (Lipinski definition) is 7. The molecule has 1 amide bonds. The van der Waals surface area contributed by atoms with Gasteiger partial charge in [-0.05, 0) is 37.9 Å². The molecule has 0 bridgehead atoms. The number of benzene rings is 2. The fraction of sp³-hybridized carbons (Fsp3) is 0.174. The van der Waals surface area contributed by atoms with Crippen LogP contribution in [0.1, 0.15) is 32.9 Å². The predicted molar refractivity (Wildman–Crippen MR) is 124 cm³/mol. The van der Waals surface area contributed by atoms with Crippen LogP contribution in [0.2, 0.25) is 0 Å². The molecule has 162 valence electrons. The van der Waals surface area contributed by atoms with Gasteiger partial charge in [-0.1, -0.05) is 36.4 Å². The maximum Gasteiger partial charge on any atom is 0.488 e. The molecule has 5 N–H and O–H groups in total. The summed E-state index contributed by atoms with van der Waals surface area (Å²) in [6.45, 7) is 6.08. The van der Waals surface area contributed by atoms with E-state index in [1.807, 2.05) is 26.0 Å². The van der Waals surface area contributed by atoms with Gasteiger partial charge in [0.2, 0.25) is 0 Å². The van der Waals surface area contributed by atoms with E-state index in [2.05, 4.69) is 10.3 Å². The molecule has 0 unspecified atom stereocenters. The van der Waals surface area contributed by atoms with Crippen LogP contribution < -0.4 is 16.5 Å². The highest BCUT2D eigenvalue weighted by atomic mass is 16.4. The third kappa shape index (κ3) is 3.95. The van der Waals surface area contributed by atoms with Crippen molar-refractivity contribution in [2.45, 2.75) is 27.3 Å². The summed E-state index contributed by atoms with van der Waals surface area (Å²) in [5, 5.41) is 22.8. The van der Waals surface area contributed by atoms with Gasteiger partial charge < -0.3 is 25.5 Å². The third-order valence-corrected chi connectivity index (χ3v) is 5.48. The molecule has 0 atom stereocenters. The van der Waals surface area contributed by atoms with Gasteiger partial charge in [0.1, 0.15) is 17.2 Å². The molecular formula is C23H23BN4O4. The summed E-state index contributed by atoms with van der Waals surface area (Å²) in [5.74, 6) is 1.16. The number of rotatable bonds is 6. The lowest BCUT2D eigenvalue weighted by Gasteiger charge is -2.13. The number of aryl methyl sites for hydroxylation is 2. The van der Waals surface area contributed by atoms with Gasteiger partial charge in [-0.25, -0.2) is 9.97 Å². The van der Waals surface area contributed by atoms with Gasteiger partial charge in [0, 0.05) is 23.2 Å². The summed E-state index contributed by atoms with van der Waals surface area (Å²) in [5.41, 5.74) is 9.94. The Bertz CT molecular complexity index is 1330. The molecule has 9 heteroatoms. The molecule has 0 saturated heterocycles. The largest absolute Gasteiger partial charge is 0.488 e. The van der Waals surface area contributed by atoms with Crippen LogP contribution in [0.3, 0.4) is 0 Å². The number of hydrogen-bond donors (Lipinski definition) is 4. The molecular weight excluding hydrogens is 407 g/mol. The number of nitrogens with zero attached hydrogens (tertiary/aromatic N) is 2. The molecule has 0 aliphatic heterocycles.